The van der Waals surface area contributed by atoms with Crippen molar-refractivity contribution >= 4 is 32.7 Å². The minimum Gasteiger partial charge on any atom is -0.341 e. The molecule has 0 atom stereocenters. The zero-order chi connectivity index (χ0) is 19.0. The summed E-state index contributed by atoms with van der Waals surface area (Å²) in [4.78, 5) is 21.3. The summed E-state index contributed by atoms with van der Waals surface area (Å²) in [5.74, 6) is 0.661. The number of rotatable bonds is 5. The van der Waals surface area contributed by atoms with Gasteiger partial charge in [0.25, 0.3) is 0 Å². The largest absolute Gasteiger partial charge is 0.341 e. The maximum atomic E-state index is 12.9. The Morgan fingerprint density at radius 2 is 1.89 bits per heavy atom. The summed E-state index contributed by atoms with van der Waals surface area (Å²) in [7, 11) is -2.13. The van der Waals surface area contributed by atoms with Gasteiger partial charge < -0.3 is 9.88 Å². The molecule has 140 valence electrons. The van der Waals surface area contributed by atoms with Gasteiger partial charge in [-0.1, -0.05) is 12.1 Å². The van der Waals surface area contributed by atoms with E-state index in [1.165, 1.54) is 11.4 Å². The van der Waals surface area contributed by atoms with Gasteiger partial charge in [0, 0.05) is 25.7 Å². The minimum atomic E-state index is -3.66. The topological polar surface area (TPSA) is 86.4 Å². The van der Waals surface area contributed by atoms with Crippen LogP contribution < -0.4 is 4.90 Å². The third kappa shape index (κ3) is 3.33. The van der Waals surface area contributed by atoms with E-state index < -0.39 is 10.0 Å². The lowest BCUT2D eigenvalue weighted by Gasteiger charge is -2.18. The highest BCUT2D eigenvalue weighted by Crippen LogP contribution is 2.24. The lowest BCUT2D eigenvalue weighted by atomic mass is 10.3. The molecule has 2 aromatic carbocycles. The molecule has 1 aliphatic rings. The molecule has 0 radical (unpaired) electrons. The van der Waals surface area contributed by atoms with Crippen molar-refractivity contribution in [2.24, 2.45) is 0 Å². The van der Waals surface area contributed by atoms with Gasteiger partial charge in [0.05, 0.1) is 22.5 Å². The van der Waals surface area contributed by atoms with Crippen molar-refractivity contribution in [3.63, 3.8) is 0 Å². The Labute approximate surface area is 157 Å². The number of nitrogens with one attached hydrogen (secondary N) is 1. The van der Waals surface area contributed by atoms with Gasteiger partial charge in [-0.2, -0.15) is 4.31 Å². The molecule has 1 amide bonds. The van der Waals surface area contributed by atoms with Crippen molar-refractivity contribution in [3.05, 3.63) is 54.4 Å². The molecule has 0 bridgehead atoms. The molecule has 0 unspecified atom stereocenters. The second-order valence-electron chi connectivity index (χ2n) is 6.60. The second kappa shape index (κ2) is 6.79. The van der Waals surface area contributed by atoms with Crippen molar-refractivity contribution in [2.45, 2.75) is 24.3 Å². The monoisotopic (exact) mass is 384 g/mol. The highest BCUT2D eigenvalue weighted by atomic mass is 32.2. The van der Waals surface area contributed by atoms with Gasteiger partial charge in [-0.3, -0.25) is 4.79 Å². The molecule has 0 saturated carbocycles. The number of benzene rings is 2. The van der Waals surface area contributed by atoms with Crippen LogP contribution in [-0.2, 0) is 21.4 Å². The van der Waals surface area contributed by atoms with E-state index in [0.717, 1.165) is 23.1 Å². The van der Waals surface area contributed by atoms with Crippen molar-refractivity contribution in [1.82, 2.24) is 14.3 Å². The lowest BCUT2D eigenvalue weighted by Crippen LogP contribution is -2.27. The number of aromatic amines is 1. The Bertz CT molecular complexity index is 1060. The summed E-state index contributed by atoms with van der Waals surface area (Å²) in [6.07, 6.45) is 1.37. The first-order valence-electron chi connectivity index (χ1n) is 8.75. The molecule has 1 N–H and O–H groups in total. The molecule has 2 heterocycles. The number of nitrogens with zero attached hydrogens (tertiary/aromatic N) is 3. The number of sulfonamides is 1. The molecule has 4 rings (SSSR count). The Morgan fingerprint density at radius 1 is 1.15 bits per heavy atom. The van der Waals surface area contributed by atoms with Gasteiger partial charge >= 0.3 is 0 Å². The zero-order valence-corrected chi connectivity index (χ0v) is 15.7. The molecule has 0 spiro atoms. The first-order valence-corrected chi connectivity index (χ1v) is 10.2. The van der Waals surface area contributed by atoms with E-state index in [4.69, 9.17) is 0 Å². The van der Waals surface area contributed by atoms with Crippen LogP contribution in [0.15, 0.2) is 53.4 Å². The molecule has 1 aromatic heterocycles. The van der Waals surface area contributed by atoms with E-state index in [2.05, 4.69) is 9.97 Å². The van der Waals surface area contributed by atoms with Crippen LogP contribution in [0, 0.1) is 0 Å². The van der Waals surface area contributed by atoms with E-state index in [1.54, 1.807) is 29.2 Å². The Hall–Kier alpha value is -2.71. The molecule has 3 aromatic rings. The van der Waals surface area contributed by atoms with Crippen LogP contribution in [0.5, 0.6) is 0 Å². The number of imidazole rings is 1. The number of hydrogen-bond acceptors (Lipinski definition) is 4. The van der Waals surface area contributed by atoms with Crippen molar-refractivity contribution in [2.75, 3.05) is 18.5 Å². The molecular weight excluding hydrogens is 364 g/mol. The van der Waals surface area contributed by atoms with Gasteiger partial charge in [-0.05, 0) is 42.8 Å². The predicted octanol–water partition coefficient (Wildman–Crippen LogP) is 2.51. The first-order chi connectivity index (χ1) is 12.9. The Balaban J connectivity index is 1.53. The third-order valence-corrected chi connectivity index (χ3v) is 6.56. The summed E-state index contributed by atoms with van der Waals surface area (Å²) in [6, 6.07) is 14.0. The number of para-hydroxylation sites is 2. The van der Waals surface area contributed by atoms with E-state index in [-0.39, 0.29) is 17.3 Å². The van der Waals surface area contributed by atoms with Gasteiger partial charge in [-0.25, -0.2) is 13.4 Å². The number of carbonyl (C=O) groups is 1. The van der Waals surface area contributed by atoms with E-state index in [0.29, 0.717) is 18.8 Å². The van der Waals surface area contributed by atoms with Crippen molar-refractivity contribution < 1.29 is 13.2 Å². The van der Waals surface area contributed by atoms with Gasteiger partial charge in [0.1, 0.15) is 5.82 Å². The standard InChI is InChI=1S/C19H20N4O3S/c1-22(13-18-20-16-5-2-3-6-17(16)21-18)27(25,26)15-10-8-14(9-11-15)23-12-4-7-19(23)24/h2-3,5-6,8-11H,4,7,12-13H2,1H3,(H,20,21). The third-order valence-electron chi connectivity index (χ3n) is 4.74. The quantitative estimate of drug-likeness (QED) is 0.732. The summed E-state index contributed by atoms with van der Waals surface area (Å²) < 4.78 is 27.0. The molecule has 27 heavy (non-hydrogen) atoms. The number of H-pyrrole nitrogens is 1. The van der Waals surface area contributed by atoms with Crippen molar-refractivity contribution in [3.8, 4) is 0 Å². The average Bonchev–Trinajstić information content (AvgIpc) is 3.27. The van der Waals surface area contributed by atoms with Crippen LogP contribution in [0.3, 0.4) is 0 Å². The highest BCUT2D eigenvalue weighted by Gasteiger charge is 2.24. The zero-order valence-electron chi connectivity index (χ0n) is 14.9. The normalized spacial score (nSPS) is 15.2. The molecule has 8 heteroatoms. The number of anilines is 1. The van der Waals surface area contributed by atoms with E-state index in [9.17, 15) is 13.2 Å². The average molecular weight is 384 g/mol. The molecule has 1 saturated heterocycles. The molecule has 1 fully saturated rings. The fourth-order valence-corrected chi connectivity index (χ4v) is 4.41. The molecule has 1 aliphatic heterocycles. The lowest BCUT2D eigenvalue weighted by molar-refractivity contribution is -0.117. The summed E-state index contributed by atoms with van der Waals surface area (Å²) in [5, 5.41) is 0. The van der Waals surface area contributed by atoms with Crippen molar-refractivity contribution in [1.29, 1.82) is 0 Å². The first kappa shape index (κ1) is 17.7. The number of carbonyl (C=O) groups excluding carboxylic acids is 1. The molecule has 7 nitrogen and oxygen atoms in total. The van der Waals surface area contributed by atoms with Gasteiger partial charge in [-0.15, -0.1) is 0 Å². The van der Waals surface area contributed by atoms with Crippen LogP contribution in [0.2, 0.25) is 0 Å². The number of fused-ring (bicyclic) bond motifs is 1. The second-order valence-corrected chi connectivity index (χ2v) is 8.65. The van der Waals surface area contributed by atoms with Gasteiger partial charge in [0.2, 0.25) is 15.9 Å². The number of hydrogen-bond donors (Lipinski definition) is 1. The predicted molar refractivity (Wildman–Crippen MR) is 103 cm³/mol. The molecule has 0 aliphatic carbocycles. The smallest absolute Gasteiger partial charge is 0.243 e. The number of aromatic nitrogens is 2. The minimum absolute atomic E-state index is 0.0765. The van der Waals surface area contributed by atoms with Crippen LogP contribution in [0.25, 0.3) is 11.0 Å². The van der Waals surface area contributed by atoms with Crippen LogP contribution >= 0.6 is 0 Å². The fourth-order valence-electron chi connectivity index (χ4n) is 3.28. The molecular formula is C19H20N4O3S. The summed E-state index contributed by atoms with van der Waals surface area (Å²) in [6.45, 7) is 0.820. The summed E-state index contributed by atoms with van der Waals surface area (Å²) in [5.41, 5.74) is 2.41. The fraction of sp³-hybridized carbons (Fsp3) is 0.263. The Morgan fingerprint density at radius 3 is 2.56 bits per heavy atom. The Kier molecular flexibility index (Phi) is 4.45. The maximum absolute atomic E-state index is 12.9. The van der Waals surface area contributed by atoms with Crippen LogP contribution in [-0.4, -0.2) is 42.2 Å². The van der Waals surface area contributed by atoms with E-state index in [1.807, 2.05) is 24.3 Å². The maximum Gasteiger partial charge on any atom is 0.243 e. The SMILES string of the molecule is CN(Cc1nc2ccccc2[nH]1)S(=O)(=O)c1ccc(N2CCCC2=O)cc1. The van der Waals surface area contributed by atoms with E-state index >= 15 is 0 Å². The van der Waals surface area contributed by atoms with Crippen LogP contribution in [0.4, 0.5) is 5.69 Å². The number of amides is 1. The van der Waals surface area contributed by atoms with Gasteiger partial charge in [0.15, 0.2) is 0 Å². The summed E-state index contributed by atoms with van der Waals surface area (Å²) >= 11 is 0. The highest BCUT2D eigenvalue weighted by molar-refractivity contribution is 7.89. The van der Waals surface area contributed by atoms with Crippen LogP contribution in [0.1, 0.15) is 18.7 Å².